The van der Waals surface area contributed by atoms with E-state index in [4.69, 9.17) is 10.5 Å². The molecule has 0 aliphatic carbocycles. The minimum absolute atomic E-state index is 0.0519. The summed E-state index contributed by atoms with van der Waals surface area (Å²) in [4.78, 5) is 20.9. The Morgan fingerprint density at radius 2 is 2.15 bits per heavy atom. The summed E-state index contributed by atoms with van der Waals surface area (Å²) >= 11 is 0. The maximum atomic E-state index is 10.8. The van der Waals surface area contributed by atoms with Crippen LogP contribution in [-0.2, 0) is 0 Å². The van der Waals surface area contributed by atoms with Crippen molar-refractivity contribution in [2.24, 2.45) is 5.73 Å². The van der Waals surface area contributed by atoms with Gasteiger partial charge >= 0.3 is 6.03 Å². The predicted molar refractivity (Wildman–Crippen MR) is 75.0 cm³/mol. The Labute approximate surface area is 116 Å². The fourth-order valence-corrected chi connectivity index (χ4v) is 1.49. The second kappa shape index (κ2) is 7.82. The lowest BCUT2D eigenvalue weighted by molar-refractivity contribution is -0.384. The number of nitro benzene ring substituents is 1. The number of benzene rings is 1. The summed E-state index contributed by atoms with van der Waals surface area (Å²) < 4.78 is 5.40. The Morgan fingerprint density at radius 3 is 2.75 bits per heavy atom. The third-order valence-electron chi connectivity index (χ3n) is 2.33. The zero-order valence-corrected chi connectivity index (χ0v) is 11.2. The first-order chi connectivity index (χ1) is 9.52. The van der Waals surface area contributed by atoms with E-state index in [1.54, 1.807) is 6.07 Å². The number of anilines is 1. The predicted octanol–water partition coefficient (Wildman–Crippen LogP) is 1.46. The number of carbonyl (C=O) groups excluding carboxylic acids is 1. The fraction of sp³-hybridized carbons (Fsp3) is 0.417. The highest BCUT2D eigenvalue weighted by Crippen LogP contribution is 2.26. The first kappa shape index (κ1) is 15.5. The third-order valence-corrected chi connectivity index (χ3v) is 2.33. The molecule has 0 fully saturated rings. The molecule has 0 bridgehead atoms. The van der Waals surface area contributed by atoms with Crippen LogP contribution in [0.15, 0.2) is 18.2 Å². The molecule has 2 amide bonds. The van der Waals surface area contributed by atoms with Crippen molar-refractivity contribution in [2.45, 2.75) is 13.3 Å². The van der Waals surface area contributed by atoms with Crippen molar-refractivity contribution in [3.8, 4) is 5.75 Å². The van der Waals surface area contributed by atoms with Crippen molar-refractivity contribution < 1.29 is 14.5 Å². The molecule has 0 aliphatic heterocycles. The summed E-state index contributed by atoms with van der Waals surface area (Å²) in [5.74, 6) is 0.436. The van der Waals surface area contributed by atoms with Crippen LogP contribution in [0.4, 0.5) is 16.2 Å². The van der Waals surface area contributed by atoms with Crippen molar-refractivity contribution in [2.75, 3.05) is 25.0 Å². The van der Waals surface area contributed by atoms with Gasteiger partial charge in [-0.25, -0.2) is 4.79 Å². The monoisotopic (exact) mass is 282 g/mol. The second-order valence-corrected chi connectivity index (χ2v) is 4.04. The minimum atomic E-state index is -0.613. The zero-order valence-electron chi connectivity index (χ0n) is 11.2. The van der Waals surface area contributed by atoms with Gasteiger partial charge in [0, 0.05) is 30.9 Å². The van der Waals surface area contributed by atoms with Gasteiger partial charge < -0.3 is 21.1 Å². The number of hydrogen-bond donors (Lipinski definition) is 3. The number of amides is 2. The number of hydrogen-bond acceptors (Lipinski definition) is 5. The topological polar surface area (TPSA) is 120 Å². The first-order valence-electron chi connectivity index (χ1n) is 6.22. The Morgan fingerprint density at radius 1 is 1.40 bits per heavy atom. The standard InChI is InChI=1S/C12H18N4O4/c1-2-5-20-11-7-9(6-10(8-11)16(18)19)14-3-4-15-12(13)17/h6-8,14H,2-5H2,1H3,(H3,13,15,17). The van der Waals surface area contributed by atoms with Crippen molar-refractivity contribution in [1.29, 1.82) is 0 Å². The van der Waals surface area contributed by atoms with Crippen LogP contribution >= 0.6 is 0 Å². The van der Waals surface area contributed by atoms with E-state index in [2.05, 4.69) is 10.6 Å². The van der Waals surface area contributed by atoms with Gasteiger partial charge in [0.1, 0.15) is 5.75 Å². The number of nitrogens with zero attached hydrogens (tertiary/aromatic N) is 1. The number of ether oxygens (including phenoxy) is 1. The molecule has 20 heavy (non-hydrogen) atoms. The molecule has 0 aromatic heterocycles. The van der Waals surface area contributed by atoms with Crippen LogP contribution in [0.2, 0.25) is 0 Å². The maximum absolute atomic E-state index is 10.8. The summed E-state index contributed by atoms with van der Waals surface area (Å²) in [6, 6.07) is 3.84. The molecule has 0 saturated heterocycles. The normalized spacial score (nSPS) is 9.85. The van der Waals surface area contributed by atoms with E-state index in [1.807, 2.05) is 6.92 Å². The Hall–Kier alpha value is -2.51. The minimum Gasteiger partial charge on any atom is -0.493 e. The van der Waals surface area contributed by atoms with Crippen LogP contribution in [0.5, 0.6) is 5.75 Å². The van der Waals surface area contributed by atoms with E-state index < -0.39 is 11.0 Å². The van der Waals surface area contributed by atoms with Gasteiger partial charge in [-0.05, 0) is 6.42 Å². The Kier molecular flexibility index (Phi) is 6.08. The molecule has 0 heterocycles. The van der Waals surface area contributed by atoms with E-state index in [1.165, 1.54) is 12.1 Å². The van der Waals surface area contributed by atoms with Gasteiger partial charge in [-0.1, -0.05) is 6.92 Å². The maximum Gasteiger partial charge on any atom is 0.312 e. The molecule has 1 aromatic carbocycles. The van der Waals surface area contributed by atoms with Crippen LogP contribution < -0.4 is 21.1 Å². The molecular formula is C12H18N4O4. The number of rotatable bonds is 8. The largest absolute Gasteiger partial charge is 0.493 e. The molecule has 1 aromatic rings. The van der Waals surface area contributed by atoms with E-state index in [0.717, 1.165) is 6.42 Å². The van der Waals surface area contributed by atoms with Gasteiger partial charge in [-0.3, -0.25) is 10.1 Å². The lowest BCUT2D eigenvalue weighted by atomic mass is 10.2. The molecule has 8 heteroatoms. The number of nitrogens with one attached hydrogen (secondary N) is 2. The SMILES string of the molecule is CCCOc1cc(NCCNC(N)=O)cc([N+](=O)[O-])c1. The van der Waals surface area contributed by atoms with Gasteiger partial charge in [-0.15, -0.1) is 0 Å². The highest BCUT2D eigenvalue weighted by molar-refractivity contribution is 5.71. The van der Waals surface area contributed by atoms with Gasteiger partial charge in [0.2, 0.25) is 0 Å². The smallest absolute Gasteiger partial charge is 0.312 e. The van der Waals surface area contributed by atoms with Crippen molar-refractivity contribution >= 4 is 17.4 Å². The number of non-ortho nitro benzene ring substituents is 1. The van der Waals surface area contributed by atoms with Crippen molar-refractivity contribution in [3.63, 3.8) is 0 Å². The van der Waals surface area contributed by atoms with Crippen LogP contribution in [0.3, 0.4) is 0 Å². The summed E-state index contributed by atoms with van der Waals surface area (Å²) in [5, 5.41) is 16.2. The average Bonchev–Trinajstić information content (AvgIpc) is 2.41. The van der Waals surface area contributed by atoms with Gasteiger partial charge in [-0.2, -0.15) is 0 Å². The molecule has 1 rings (SSSR count). The van der Waals surface area contributed by atoms with E-state index in [0.29, 0.717) is 31.1 Å². The number of nitro groups is 1. The molecule has 0 spiro atoms. The summed E-state index contributed by atoms with van der Waals surface area (Å²) in [6.45, 7) is 3.16. The van der Waals surface area contributed by atoms with Gasteiger partial charge in [0.25, 0.3) is 5.69 Å². The zero-order chi connectivity index (χ0) is 15.0. The van der Waals surface area contributed by atoms with Crippen LogP contribution in [0, 0.1) is 10.1 Å². The van der Waals surface area contributed by atoms with E-state index in [9.17, 15) is 14.9 Å². The lowest BCUT2D eigenvalue weighted by Crippen LogP contribution is -2.33. The fourth-order valence-electron chi connectivity index (χ4n) is 1.49. The first-order valence-corrected chi connectivity index (χ1v) is 6.22. The molecule has 110 valence electrons. The third kappa shape index (κ3) is 5.42. The summed E-state index contributed by atoms with van der Waals surface area (Å²) in [5.41, 5.74) is 5.43. The van der Waals surface area contributed by atoms with Gasteiger partial charge in [0.05, 0.1) is 17.6 Å². The Balaban J connectivity index is 2.70. The molecule has 8 nitrogen and oxygen atoms in total. The highest BCUT2D eigenvalue weighted by atomic mass is 16.6. The number of nitrogens with two attached hydrogens (primary N) is 1. The van der Waals surface area contributed by atoms with Crippen LogP contribution in [-0.4, -0.2) is 30.7 Å². The summed E-state index contributed by atoms with van der Waals surface area (Å²) in [7, 11) is 0. The van der Waals surface area contributed by atoms with Crippen molar-refractivity contribution in [1.82, 2.24) is 5.32 Å². The van der Waals surface area contributed by atoms with Crippen LogP contribution in [0.1, 0.15) is 13.3 Å². The highest BCUT2D eigenvalue weighted by Gasteiger charge is 2.10. The molecule has 0 saturated carbocycles. The van der Waals surface area contributed by atoms with Crippen molar-refractivity contribution in [3.05, 3.63) is 28.3 Å². The number of primary amides is 1. The van der Waals surface area contributed by atoms with Crippen LogP contribution in [0.25, 0.3) is 0 Å². The average molecular weight is 282 g/mol. The number of carbonyl (C=O) groups is 1. The Bertz CT molecular complexity index is 479. The summed E-state index contributed by atoms with van der Waals surface area (Å²) in [6.07, 6.45) is 0.813. The lowest BCUT2D eigenvalue weighted by Gasteiger charge is -2.10. The van der Waals surface area contributed by atoms with E-state index in [-0.39, 0.29) is 5.69 Å². The van der Waals surface area contributed by atoms with E-state index >= 15 is 0 Å². The molecular weight excluding hydrogens is 264 g/mol. The number of urea groups is 1. The molecule has 4 N–H and O–H groups in total. The molecule has 0 aliphatic rings. The molecule has 0 atom stereocenters. The quantitative estimate of drug-likeness (QED) is 0.379. The van der Waals surface area contributed by atoms with Gasteiger partial charge in [0.15, 0.2) is 0 Å². The molecule has 0 unspecified atom stereocenters. The molecule has 0 radical (unpaired) electrons. The second-order valence-electron chi connectivity index (χ2n) is 4.04.